The fourth-order valence-electron chi connectivity index (χ4n) is 3.03. The van der Waals surface area contributed by atoms with Gasteiger partial charge in [0.25, 0.3) is 0 Å². The summed E-state index contributed by atoms with van der Waals surface area (Å²) in [5, 5.41) is 0. The summed E-state index contributed by atoms with van der Waals surface area (Å²) < 4.78 is 16.0. The quantitative estimate of drug-likeness (QED) is 0.259. The second kappa shape index (κ2) is 11.0. The number of hydrogen-bond donors (Lipinski definition) is 0. The number of esters is 1. The Morgan fingerprint density at radius 3 is 2.35 bits per heavy atom. The Kier molecular flexibility index (Phi) is 8.43. The molecule has 6 nitrogen and oxygen atoms in total. The summed E-state index contributed by atoms with van der Waals surface area (Å²) in [6.45, 7) is 4.02. The summed E-state index contributed by atoms with van der Waals surface area (Å²) in [7, 11) is 6.53. The van der Waals surface area contributed by atoms with E-state index in [0.29, 0.717) is 22.4 Å². The number of ketones is 1. The molecule has 0 N–H and O–H groups in total. The zero-order valence-electron chi connectivity index (χ0n) is 18.9. The van der Waals surface area contributed by atoms with Gasteiger partial charge in [-0.3, -0.25) is 4.79 Å². The molecule has 0 heterocycles. The largest absolute Gasteiger partial charge is 0.503 e. The van der Waals surface area contributed by atoms with Crippen LogP contribution in [0.3, 0.4) is 0 Å². The van der Waals surface area contributed by atoms with Crippen LogP contribution in [-0.2, 0) is 20.9 Å². The molecule has 0 unspecified atom stereocenters. The minimum Gasteiger partial charge on any atom is -0.503 e. The Balaban J connectivity index is 2.28. The average Bonchev–Trinajstić information content (AvgIpc) is 2.75. The molecule has 0 amide bonds. The summed E-state index contributed by atoms with van der Waals surface area (Å²) in [6, 6.07) is 11.1. The fourth-order valence-corrected chi connectivity index (χ4v) is 3.03. The number of carbonyl (C=O) groups is 2. The molecular formula is C25H29NO5. The van der Waals surface area contributed by atoms with Crippen molar-refractivity contribution in [1.29, 1.82) is 0 Å². The van der Waals surface area contributed by atoms with Crippen LogP contribution in [0.1, 0.15) is 32.6 Å². The first-order valence-corrected chi connectivity index (χ1v) is 9.81. The molecule has 2 aromatic carbocycles. The van der Waals surface area contributed by atoms with Gasteiger partial charge in [-0.25, -0.2) is 4.79 Å². The molecule has 0 radical (unpaired) electrons. The molecule has 0 aliphatic rings. The van der Waals surface area contributed by atoms with Gasteiger partial charge >= 0.3 is 5.97 Å². The Hall–Kier alpha value is -3.54. The van der Waals surface area contributed by atoms with Crippen molar-refractivity contribution in [3.8, 4) is 5.75 Å². The van der Waals surface area contributed by atoms with E-state index >= 15 is 0 Å². The summed E-state index contributed by atoms with van der Waals surface area (Å²) in [5.74, 6) is 0.129. The van der Waals surface area contributed by atoms with Gasteiger partial charge in [0.15, 0.2) is 5.78 Å². The number of aryl methyl sites for hydroxylation is 2. The molecule has 0 bridgehead atoms. The monoisotopic (exact) mass is 423 g/mol. The highest BCUT2D eigenvalue weighted by Gasteiger charge is 2.17. The minimum atomic E-state index is -0.491. The maximum Gasteiger partial charge on any atom is 0.341 e. The van der Waals surface area contributed by atoms with Crippen molar-refractivity contribution in [1.82, 2.24) is 4.90 Å². The molecule has 0 aromatic heterocycles. The summed E-state index contributed by atoms with van der Waals surface area (Å²) in [6.07, 6.45) is 4.64. The smallest absolute Gasteiger partial charge is 0.341 e. The van der Waals surface area contributed by atoms with E-state index in [9.17, 15) is 9.59 Å². The lowest BCUT2D eigenvalue weighted by Crippen LogP contribution is -2.09. The fraction of sp³-hybridized carbons (Fsp3) is 0.280. The normalized spacial score (nSPS) is 11.4. The first-order valence-electron chi connectivity index (χ1n) is 9.81. The van der Waals surface area contributed by atoms with Crippen LogP contribution in [0.25, 0.3) is 5.57 Å². The zero-order chi connectivity index (χ0) is 23.0. The molecular weight excluding hydrogens is 394 g/mol. The molecule has 0 spiro atoms. The van der Waals surface area contributed by atoms with Crippen LogP contribution in [0, 0.1) is 13.8 Å². The number of hydrogen-bond acceptors (Lipinski definition) is 6. The highest BCUT2D eigenvalue weighted by molar-refractivity contribution is 6.16. The lowest BCUT2D eigenvalue weighted by Gasteiger charge is -2.15. The van der Waals surface area contributed by atoms with Gasteiger partial charge in [-0.15, -0.1) is 0 Å². The van der Waals surface area contributed by atoms with Gasteiger partial charge in [-0.2, -0.15) is 0 Å². The van der Waals surface area contributed by atoms with E-state index in [1.807, 2.05) is 69.2 Å². The van der Waals surface area contributed by atoms with Gasteiger partial charge in [0.05, 0.1) is 20.5 Å². The Labute approximate surface area is 183 Å². The van der Waals surface area contributed by atoms with E-state index in [2.05, 4.69) is 0 Å². The van der Waals surface area contributed by atoms with Crippen molar-refractivity contribution in [3.05, 3.63) is 82.8 Å². The van der Waals surface area contributed by atoms with Crippen LogP contribution in [-0.4, -0.2) is 45.0 Å². The maximum absolute atomic E-state index is 12.5. The van der Waals surface area contributed by atoms with Crippen LogP contribution < -0.4 is 4.74 Å². The maximum atomic E-state index is 12.5. The average molecular weight is 424 g/mol. The van der Waals surface area contributed by atoms with Crippen LogP contribution in [0.5, 0.6) is 5.75 Å². The van der Waals surface area contributed by atoms with Gasteiger partial charge in [0.1, 0.15) is 17.9 Å². The van der Waals surface area contributed by atoms with E-state index in [1.54, 1.807) is 12.3 Å². The van der Waals surface area contributed by atoms with Crippen LogP contribution >= 0.6 is 0 Å². The molecule has 2 rings (SSSR count). The van der Waals surface area contributed by atoms with Crippen LogP contribution in [0.4, 0.5) is 0 Å². The van der Waals surface area contributed by atoms with E-state index < -0.39 is 5.97 Å². The SMILES string of the molecule is COC=C(C(=O)OC)c1ccccc1COc1cc(C)c(C(=O)C=CN(C)C)cc1C. The number of benzene rings is 2. The van der Waals surface area contributed by atoms with E-state index in [4.69, 9.17) is 14.2 Å². The number of methoxy groups -OCH3 is 2. The van der Waals surface area contributed by atoms with Gasteiger partial charge < -0.3 is 19.1 Å². The molecule has 0 fully saturated rings. The molecule has 0 atom stereocenters. The van der Waals surface area contributed by atoms with E-state index in [-0.39, 0.29) is 12.4 Å². The molecule has 2 aromatic rings. The third kappa shape index (κ3) is 6.22. The lowest BCUT2D eigenvalue weighted by atomic mass is 10.00. The van der Waals surface area contributed by atoms with Crippen molar-refractivity contribution in [2.75, 3.05) is 28.3 Å². The second-order valence-electron chi connectivity index (χ2n) is 7.28. The number of rotatable bonds is 9. The standard InChI is InChI=1S/C25H29NO5/c1-17-14-24(18(2)13-21(17)23(27)11-12-26(3)4)31-15-19-9-7-8-10-20(19)22(16-29-5)25(28)30-6/h7-14,16H,15H2,1-6H3. The number of ether oxygens (including phenoxy) is 3. The molecule has 31 heavy (non-hydrogen) atoms. The van der Waals surface area contributed by atoms with Crippen LogP contribution in [0.15, 0.2) is 54.9 Å². The topological polar surface area (TPSA) is 65.1 Å². The van der Waals surface area contributed by atoms with Crippen molar-refractivity contribution < 1.29 is 23.8 Å². The Morgan fingerprint density at radius 2 is 1.71 bits per heavy atom. The minimum absolute atomic E-state index is 0.0568. The lowest BCUT2D eigenvalue weighted by molar-refractivity contribution is -0.133. The molecule has 0 aliphatic heterocycles. The number of carbonyl (C=O) groups excluding carboxylic acids is 2. The van der Waals surface area contributed by atoms with Gasteiger partial charge in [-0.05, 0) is 48.2 Å². The molecule has 0 aliphatic carbocycles. The van der Waals surface area contributed by atoms with Crippen molar-refractivity contribution >= 4 is 17.3 Å². The van der Waals surface area contributed by atoms with Crippen molar-refractivity contribution in [2.45, 2.75) is 20.5 Å². The highest BCUT2D eigenvalue weighted by atomic mass is 16.5. The Bertz CT molecular complexity index is 1000. The predicted molar refractivity (Wildman–Crippen MR) is 121 cm³/mol. The number of allylic oxidation sites excluding steroid dienone is 1. The molecule has 0 saturated heterocycles. The molecule has 6 heteroatoms. The first kappa shape index (κ1) is 23.7. The van der Waals surface area contributed by atoms with Gasteiger partial charge in [-0.1, -0.05) is 24.3 Å². The summed E-state index contributed by atoms with van der Waals surface area (Å²) >= 11 is 0. The zero-order valence-corrected chi connectivity index (χ0v) is 18.9. The Morgan fingerprint density at radius 1 is 1.00 bits per heavy atom. The molecule has 0 saturated carbocycles. The van der Waals surface area contributed by atoms with Crippen molar-refractivity contribution in [3.63, 3.8) is 0 Å². The third-order valence-electron chi connectivity index (χ3n) is 4.64. The second-order valence-corrected chi connectivity index (χ2v) is 7.28. The first-order chi connectivity index (χ1) is 14.8. The van der Waals surface area contributed by atoms with Crippen LogP contribution in [0.2, 0.25) is 0 Å². The van der Waals surface area contributed by atoms with Crippen molar-refractivity contribution in [2.24, 2.45) is 0 Å². The predicted octanol–water partition coefficient (Wildman–Crippen LogP) is 4.30. The molecule has 164 valence electrons. The van der Waals surface area contributed by atoms with Gasteiger partial charge in [0, 0.05) is 31.9 Å². The van der Waals surface area contributed by atoms with E-state index in [1.165, 1.54) is 20.5 Å². The third-order valence-corrected chi connectivity index (χ3v) is 4.64. The summed E-state index contributed by atoms with van der Waals surface area (Å²) in [4.78, 5) is 26.5. The highest BCUT2D eigenvalue weighted by Crippen LogP contribution is 2.27. The summed E-state index contributed by atoms with van der Waals surface area (Å²) in [5.41, 5.74) is 4.11. The van der Waals surface area contributed by atoms with Gasteiger partial charge in [0.2, 0.25) is 0 Å². The van der Waals surface area contributed by atoms with E-state index in [0.717, 1.165) is 16.7 Å². The number of nitrogens with zero attached hydrogens (tertiary/aromatic N) is 1.